The molecule has 0 aliphatic rings. The van der Waals surface area contributed by atoms with Crippen molar-refractivity contribution in [3.8, 4) is 11.3 Å². The van der Waals surface area contributed by atoms with Crippen LogP contribution >= 0.6 is 0 Å². The smallest absolute Gasteiger partial charge is 0.272 e. The van der Waals surface area contributed by atoms with E-state index in [-0.39, 0.29) is 11.8 Å². The molecule has 152 valence electrons. The minimum absolute atomic E-state index is 0.135. The van der Waals surface area contributed by atoms with Gasteiger partial charge in [0.25, 0.3) is 5.91 Å². The summed E-state index contributed by atoms with van der Waals surface area (Å²) in [5.41, 5.74) is 6.73. The number of hydrogen-bond acceptors (Lipinski definition) is 5. The van der Waals surface area contributed by atoms with Gasteiger partial charge < -0.3 is 5.32 Å². The van der Waals surface area contributed by atoms with Crippen molar-refractivity contribution in [1.82, 2.24) is 15.4 Å². The summed E-state index contributed by atoms with van der Waals surface area (Å²) < 4.78 is 0. The first kappa shape index (κ1) is 19.9. The SMILES string of the molecule is CC(=O)Nc1ccc(/C=N\NC(=O)c2cc(-c3cccnc3)nc3ccccc23)cc1. The Labute approximate surface area is 178 Å². The summed E-state index contributed by atoms with van der Waals surface area (Å²) in [6.07, 6.45) is 4.94. The van der Waals surface area contributed by atoms with Gasteiger partial charge in [0.2, 0.25) is 5.91 Å². The Morgan fingerprint density at radius 1 is 1.00 bits per heavy atom. The van der Waals surface area contributed by atoms with Gasteiger partial charge in [-0.2, -0.15) is 5.10 Å². The molecule has 0 unspecified atom stereocenters. The highest BCUT2D eigenvalue weighted by molar-refractivity contribution is 6.07. The summed E-state index contributed by atoms with van der Waals surface area (Å²) in [5, 5.41) is 7.51. The number of anilines is 1. The second-order valence-electron chi connectivity index (χ2n) is 6.82. The lowest BCUT2D eigenvalue weighted by molar-refractivity contribution is -0.114. The van der Waals surface area contributed by atoms with E-state index in [0.717, 1.165) is 16.5 Å². The Bertz CT molecular complexity index is 1270. The first-order chi connectivity index (χ1) is 15.1. The van der Waals surface area contributed by atoms with Crippen molar-refractivity contribution in [2.75, 3.05) is 5.32 Å². The number of rotatable bonds is 5. The van der Waals surface area contributed by atoms with Gasteiger partial charge in [0, 0.05) is 36.0 Å². The molecule has 2 amide bonds. The molecule has 0 atom stereocenters. The molecule has 4 aromatic rings. The fraction of sp³-hybridized carbons (Fsp3) is 0.0417. The molecule has 0 aliphatic heterocycles. The maximum Gasteiger partial charge on any atom is 0.272 e. The average molecular weight is 409 g/mol. The third kappa shape index (κ3) is 4.79. The molecule has 0 bridgehead atoms. The predicted molar refractivity (Wildman–Crippen MR) is 121 cm³/mol. The van der Waals surface area contributed by atoms with E-state index in [1.54, 1.807) is 48.9 Å². The third-order valence-corrected chi connectivity index (χ3v) is 4.53. The number of fused-ring (bicyclic) bond motifs is 1. The van der Waals surface area contributed by atoms with Crippen molar-refractivity contribution in [3.63, 3.8) is 0 Å². The fourth-order valence-electron chi connectivity index (χ4n) is 3.11. The van der Waals surface area contributed by atoms with E-state index < -0.39 is 0 Å². The highest BCUT2D eigenvalue weighted by atomic mass is 16.2. The Balaban J connectivity index is 1.57. The number of nitrogens with one attached hydrogen (secondary N) is 2. The van der Waals surface area contributed by atoms with E-state index in [4.69, 9.17) is 0 Å². The maximum atomic E-state index is 12.9. The molecule has 0 saturated heterocycles. The van der Waals surface area contributed by atoms with Crippen molar-refractivity contribution in [2.24, 2.45) is 5.10 Å². The van der Waals surface area contributed by atoms with Crippen molar-refractivity contribution >= 4 is 34.6 Å². The number of amides is 2. The maximum absolute atomic E-state index is 12.9. The highest BCUT2D eigenvalue weighted by Crippen LogP contribution is 2.24. The standard InChI is InChI=1S/C24H19N5O2/c1-16(30)27-19-10-8-17(9-11-19)14-26-29-24(31)21-13-23(18-5-4-12-25-15-18)28-22-7-3-2-6-20(21)22/h2-15H,1H3,(H,27,30)(H,29,31)/b26-14-. The minimum atomic E-state index is -0.338. The van der Waals surface area contributed by atoms with Crippen LogP contribution in [0.2, 0.25) is 0 Å². The Kier molecular flexibility index (Phi) is 5.75. The van der Waals surface area contributed by atoms with Crippen LogP contribution in [-0.2, 0) is 4.79 Å². The van der Waals surface area contributed by atoms with Crippen molar-refractivity contribution < 1.29 is 9.59 Å². The van der Waals surface area contributed by atoms with E-state index >= 15 is 0 Å². The largest absolute Gasteiger partial charge is 0.326 e. The monoisotopic (exact) mass is 409 g/mol. The summed E-state index contributed by atoms with van der Waals surface area (Å²) in [6.45, 7) is 1.45. The quantitative estimate of drug-likeness (QED) is 0.384. The molecule has 0 spiro atoms. The lowest BCUT2D eigenvalue weighted by Gasteiger charge is -2.08. The van der Waals surface area contributed by atoms with Gasteiger partial charge >= 0.3 is 0 Å². The first-order valence-electron chi connectivity index (χ1n) is 9.61. The number of aromatic nitrogens is 2. The van der Waals surface area contributed by atoms with E-state index in [9.17, 15) is 9.59 Å². The summed E-state index contributed by atoms with van der Waals surface area (Å²) >= 11 is 0. The van der Waals surface area contributed by atoms with Gasteiger partial charge in [-0.15, -0.1) is 0 Å². The summed E-state index contributed by atoms with van der Waals surface area (Å²) in [6, 6.07) is 20.1. The zero-order valence-electron chi connectivity index (χ0n) is 16.7. The van der Waals surface area contributed by atoms with Crippen LogP contribution in [0.4, 0.5) is 5.69 Å². The Hall–Kier alpha value is -4.39. The number of hydrogen-bond donors (Lipinski definition) is 2. The number of hydrazone groups is 1. The van der Waals surface area contributed by atoms with Gasteiger partial charge in [-0.1, -0.05) is 30.3 Å². The highest BCUT2D eigenvalue weighted by Gasteiger charge is 2.13. The van der Waals surface area contributed by atoms with Crippen LogP contribution in [-0.4, -0.2) is 28.0 Å². The Morgan fingerprint density at radius 3 is 2.55 bits per heavy atom. The summed E-state index contributed by atoms with van der Waals surface area (Å²) in [5.74, 6) is -0.473. The summed E-state index contributed by atoms with van der Waals surface area (Å²) in [7, 11) is 0. The Morgan fingerprint density at radius 2 is 1.81 bits per heavy atom. The topological polar surface area (TPSA) is 96.3 Å². The van der Waals surface area contributed by atoms with E-state index in [1.807, 2.05) is 36.4 Å². The van der Waals surface area contributed by atoms with Crippen molar-refractivity contribution in [2.45, 2.75) is 6.92 Å². The molecule has 0 aliphatic carbocycles. The molecule has 4 rings (SSSR count). The number of para-hydroxylation sites is 1. The number of pyridine rings is 2. The molecule has 0 fully saturated rings. The number of nitrogens with zero attached hydrogens (tertiary/aromatic N) is 3. The van der Waals surface area contributed by atoms with E-state index in [0.29, 0.717) is 22.5 Å². The number of benzene rings is 2. The van der Waals surface area contributed by atoms with E-state index in [2.05, 4.69) is 25.8 Å². The van der Waals surface area contributed by atoms with E-state index in [1.165, 1.54) is 6.92 Å². The number of carbonyl (C=O) groups is 2. The molecule has 2 aromatic carbocycles. The molecular formula is C24H19N5O2. The van der Waals surface area contributed by atoms with Gasteiger partial charge in [-0.25, -0.2) is 10.4 Å². The summed E-state index contributed by atoms with van der Waals surface area (Å²) in [4.78, 5) is 32.8. The molecular weight excluding hydrogens is 390 g/mol. The number of carbonyl (C=O) groups excluding carboxylic acids is 2. The van der Waals surface area contributed by atoms with Crippen LogP contribution in [0.15, 0.2) is 84.2 Å². The van der Waals surface area contributed by atoms with Crippen LogP contribution in [0.5, 0.6) is 0 Å². The lowest BCUT2D eigenvalue weighted by atomic mass is 10.0. The molecule has 31 heavy (non-hydrogen) atoms. The van der Waals surface area contributed by atoms with Crippen molar-refractivity contribution in [3.05, 3.63) is 90.3 Å². The van der Waals surface area contributed by atoms with Gasteiger partial charge in [-0.3, -0.25) is 14.6 Å². The molecule has 7 heteroatoms. The molecule has 0 saturated carbocycles. The normalized spacial score (nSPS) is 10.9. The van der Waals surface area contributed by atoms with Crippen molar-refractivity contribution in [1.29, 1.82) is 0 Å². The third-order valence-electron chi connectivity index (χ3n) is 4.53. The molecule has 7 nitrogen and oxygen atoms in total. The van der Waals surface area contributed by atoms with Gasteiger partial charge in [0.05, 0.1) is 23.0 Å². The molecule has 2 heterocycles. The second kappa shape index (κ2) is 8.96. The molecule has 2 aromatic heterocycles. The lowest BCUT2D eigenvalue weighted by Crippen LogP contribution is -2.18. The van der Waals surface area contributed by atoms with Crippen LogP contribution in [0.25, 0.3) is 22.2 Å². The predicted octanol–water partition coefficient (Wildman–Crippen LogP) is 4.02. The van der Waals surface area contributed by atoms with Crippen LogP contribution in [0.3, 0.4) is 0 Å². The molecule has 2 N–H and O–H groups in total. The van der Waals surface area contributed by atoms with Crippen LogP contribution in [0.1, 0.15) is 22.8 Å². The minimum Gasteiger partial charge on any atom is -0.326 e. The fourth-order valence-corrected chi connectivity index (χ4v) is 3.11. The van der Waals surface area contributed by atoms with Gasteiger partial charge in [0.1, 0.15) is 0 Å². The van der Waals surface area contributed by atoms with Crippen LogP contribution < -0.4 is 10.7 Å². The van der Waals surface area contributed by atoms with Gasteiger partial charge in [-0.05, 0) is 42.0 Å². The second-order valence-corrected chi connectivity index (χ2v) is 6.82. The zero-order valence-corrected chi connectivity index (χ0v) is 16.7. The first-order valence-corrected chi connectivity index (χ1v) is 9.61. The van der Waals surface area contributed by atoms with Crippen LogP contribution in [0, 0.1) is 0 Å². The average Bonchev–Trinajstić information content (AvgIpc) is 2.79. The zero-order chi connectivity index (χ0) is 21.6. The van der Waals surface area contributed by atoms with Gasteiger partial charge in [0.15, 0.2) is 0 Å². The molecule has 0 radical (unpaired) electrons.